The quantitative estimate of drug-likeness (QED) is 0.665. The van der Waals surface area contributed by atoms with E-state index in [0.717, 1.165) is 36.7 Å². The summed E-state index contributed by atoms with van der Waals surface area (Å²) in [5, 5.41) is 5.51. The minimum atomic E-state index is 0.811. The van der Waals surface area contributed by atoms with Gasteiger partial charge in [0.2, 0.25) is 0 Å². The van der Waals surface area contributed by atoms with Crippen molar-refractivity contribution in [2.45, 2.75) is 12.8 Å². The molecule has 0 atom stereocenters. The molecule has 4 rings (SSSR count). The summed E-state index contributed by atoms with van der Waals surface area (Å²) in [5.41, 5.74) is 5.10. The maximum absolute atomic E-state index is 5.60. The number of benzene rings is 2. The molecule has 0 radical (unpaired) electrons. The van der Waals surface area contributed by atoms with E-state index in [2.05, 4.69) is 39.5 Å². The summed E-state index contributed by atoms with van der Waals surface area (Å²) in [6.07, 6.45) is 2.02. The molecule has 3 nitrogen and oxygen atoms in total. The van der Waals surface area contributed by atoms with Crippen LogP contribution in [0.4, 0.5) is 5.69 Å². The van der Waals surface area contributed by atoms with Gasteiger partial charge in [-0.3, -0.25) is 0 Å². The van der Waals surface area contributed by atoms with E-state index in [9.17, 15) is 0 Å². The molecule has 0 unspecified atom stereocenters. The third-order valence-electron chi connectivity index (χ3n) is 4.48. The van der Waals surface area contributed by atoms with E-state index in [1.807, 2.05) is 30.3 Å². The van der Waals surface area contributed by atoms with Gasteiger partial charge in [0.25, 0.3) is 0 Å². The Morgan fingerprint density at radius 3 is 2.57 bits per heavy atom. The molecule has 1 aliphatic heterocycles. The number of rotatable bonds is 1. The Balaban J connectivity index is 1.51. The minimum absolute atomic E-state index is 0.811. The van der Waals surface area contributed by atoms with Gasteiger partial charge in [-0.15, -0.1) is 0 Å². The minimum Gasteiger partial charge on any atom is -0.358 e. The van der Waals surface area contributed by atoms with Gasteiger partial charge in [0.05, 0.1) is 0 Å². The predicted molar refractivity (Wildman–Crippen MR) is 99.9 cm³/mol. The molecule has 1 aromatic heterocycles. The molecular weight excluding hydrogens is 302 g/mol. The molecule has 0 aliphatic carbocycles. The zero-order chi connectivity index (χ0) is 15.6. The van der Waals surface area contributed by atoms with E-state index in [4.69, 9.17) is 12.2 Å². The number of nitrogens with one attached hydrogen (secondary N) is 2. The Kier molecular flexibility index (Phi) is 3.75. The van der Waals surface area contributed by atoms with Crippen molar-refractivity contribution in [2.75, 3.05) is 18.4 Å². The van der Waals surface area contributed by atoms with Crippen molar-refractivity contribution in [3.05, 3.63) is 65.9 Å². The van der Waals surface area contributed by atoms with Crippen LogP contribution in [0.15, 0.2) is 54.6 Å². The lowest BCUT2D eigenvalue weighted by Gasteiger charge is -2.24. The largest absolute Gasteiger partial charge is 0.358 e. The van der Waals surface area contributed by atoms with Crippen LogP contribution >= 0.6 is 12.2 Å². The van der Waals surface area contributed by atoms with E-state index >= 15 is 0 Å². The van der Waals surface area contributed by atoms with Gasteiger partial charge in [-0.25, -0.2) is 0 Å². The number of hydrogen-bond donors (Lipinski definition) is 2. The average Bonchev–Trinajstić information content (AvgIpc) is 2.80. The Morgan fingerprint density at radius 1 is 0.957 bits per heavy atom. The molecule has 0 amide bonds. The second-order valence-electron chi connectivity index (χ2n) is 5.91. The number of hydrogen-bond acceptors (Lipinski definition) is 1. The van der Waals surface area contributed by atoms with Crippen LogP contribution in [0.5, 0.6) is 0 Å². The fraction of sp³-hybridized carbons (Fsp3) is 0.211. The van der Waals surface area contributed by atoms with Crippen LogP contribution < -0.4 is 5.32 Å². The summed E-state index contributed by atoms with van der Waals surface area (Å²) in [6, 6.07) is 18.7. The summed E-state index contributed by atoms with van der Waals surface area (Å²) in [5.74, 6) is 0. The zero-order valence-electron chi connectivity index (χ0n) is 12.9. The van der Waals surface area contributed by atoms with Gasteiger partial charge in [-0.1, -0.05) is 36.4 Å². The molecule has 23 heavy (non-hydrogen) atoms. The third kappa shape index (κ3) is 2.82. The number of aromatic nitrogens is 1. The highest BCUT2D eigenvalue weighted by Crippen LogP contribution is 2.25. The van der Waals surface area contributed by atoms with Gasteiger partial charge in [0.15, 0.2) is 5.11 Å². The molecule has 2 N–H and O–H groups in total. The molecular formula is C19H19N3S. The predicted octanol–water partition coefficient (Wildman–Crippen LogP) is 3.97. The number of fused-ring (bicyclic) bond motifs is 3. The number of anilines is 1. The molecule has 0 bridgehead atoms. The van der Waals surface area contributed by atoms with E-state index in [1.165, 1.54) is 22.2 Å². The average molecular weight is 321 g/mol. The second kappa shape index (κ2) is 6.05. The monoisotopic (exact) mass is 321 g/mol. The molecule has 4 heteroatoms. The van der Waals surface area contributed by atoms with Crippen LogP contribution in [0, 0.1) is 0 Å². The third-order valence-corrected chi connectivity index (χ3v) is 4.84. The maximum atomic E-state index is 5.60. The first kappa shape index (κ1) is 14.3. The van der Waals surface area contributed by atoms with Gasteiger partial charge in [-0.05, 0) is 42.4 Å². The summed E-state index contributed by atoms with van der Waals surface area (Å²) in [6.45, 7) is 1.89. The molecule has 0 fully saturated rings. The van der Waals surface area contributed by atoms with Crippen LogP contribution in [0.1, 0.15) is 11.3 Å². The second-order valence-corrected chi connectivity index (χ2v) is 6.30. The summed E-state index contributed by atoms with van der Waals surface area (Å²) < 4.78 is 0. The van der Waals surface area contributed by atoms with Crippen LogP contribution in [0.3, 0.4) is 0 Å². The van der Waals surface area contributed by atoms with Crippen LogP contribution in [0.2, 0.25) is 0 Å². The highest BCUT2D eigenvalue weighted by atomic mass is 32.1. The van der Waals surface area contributed by atoms with Crippen LogP contribution in [-0.4, -0.2) is 28.1 Å². The first-order valence-electron chi connectivity index (χ1n) is 8.01. The van der Waals surface area contributed by atoms with Gasteiger partial charge in [-0.2, -0.15) is 0 Å². The topological polar surface area (TPSA) is 31.1 Å². The lowest BCUT2D eigenvalue weighted by molar-refractivity contribution is 0.445. The van der Waals surface area contributed by atoms with E-state index in [0.29, 0.717) is 0 Å². The molecule has 2 heterocycles. The molecule has 116 valence electrons. The highest BCUT2D eigenvalue weighted by molar-refractivity contribution is 7.80. The number of aromatic amines is 1. The molecule has 0 saturated carbocycles. The zero-order valence-corrected chi connectivity index (χ0v) is 13.7. The lowest BCUT2D eigenvalue weighted by atomic mass is 10.1. The summed E-state index contributed by atoms with van der Waals surface area (Å²) >= 11 is 5.60. The van der Waals surface area contributed by atoms with E-state index in [-0.39, 0.29) is 0 Å². The molecule has 0 saturated heterocycles. The van der Waals surface area contributed by atoms with Crippen molar-refractivity contribution in [1.82, 2.24) is 9.88 Å². The number of nitrogens with zero attached hydrogens (tertiary/aromatic N) is 1. The van der Waals surface area contributed by atoms with Crippen LogP contribution in [-0.2, 0) is 12.8 Å². The van der Waals surface area contributed by atoms with Crippen molar-refractivity contribution in [2.24, 2.45) is 0 Å². The lowest BCUT2D eigenvalue weighted by Crippen LogP contribution is -2.36. The normalized spacial score (nSPS) is 14.3. The number of H-pyrrole nitrogens is 1. The van der Waals surface area contributed by atoms with Crippen LogP contribution in [0.25, 0.3) is 10.9 Å². The first-order chi connectivity index (χ1) is 11.3. The standard InChI is InChI=1S/C19H19N3S/c23-19(20-14-6-2-1-3-7-14)22-12-10-16-15-8-4-5-9-17(15)21-18(16)11-13-22/h1-9,21H,10-13H2,(H,20,23). The fourth-order valence-electron chi connectivity index (χ4n) is 3.29. The van der Waals surface area contributed by atoms with Gasteiger partial charge in [0.1, 0.15) is 0 Å². The van der Waals surface area contributed by atoms with Gasteiger partial charge in [0, 0.05) is 41.8 Å². The Bertz CT molecular complexity index is 838. The smallest absolute Gasteiger partial charge is 0.173 e. The van der Waals surface area contributed by atoms with E-state index < -0.39 is 0 Å². The molecule has 3 aromatic rings. The Morgan fingerprint density at radius 2 is 1.70 bits per heavy atom. The maximum Gasteiger partial charge on any atom is 0.173 e. The van der Waals surface area contributed by atoms with Crippen molar-refractivity contribution in [3.63, 3.8) is 0 Å². The summed E-state index contributed by atoms with van der Waals surface area (Å²) in [4.78, 5) is 5.84. The SMILES string of the molecule is S=C(Nc1ccccc1)N1CCc2[nH]c3ccccc3c2CC1. The fourth-order valence-corrected chi connectivity index (χ4v) is 3.59. The summed E-state index contributed by atoms with van der Waals surface area (Å²) in [7, 11) is 0. The van der Waals surface area contributed by atoms with Crippen molar-refractivity contribution in [3.8, 4) is 0 Å². The van der Waals surface area contributed by atoms with Gasteiger partial charge < -0.3 is 15.2 Å². The van der Waals surface area contributed by atoms with Crippen molar-refractivity contribution < 1.29 is 0 Å². The van der Waals surface area contributed by atoms with E-state index in [1.54, 1.807) is 0 Å². The number of para-hydroxylation sites is 2. The number of thiocarbonyl (C=S) groups is 1. The highest BCUT2D eigenvalue weighted by Gasteiger charge is 2.19. The Hall–Kier alpha value is -2.33. The van der Waals surface area contributed by atoms with Crippen molar-refractivity contribution >= 4 is 33.9 Å². The van der Waals surface area contributed by atoms with Crippen molar-refractivity contribution in [1.29, 1.82) is 0 Å². The Labute approximate surface area is 141 Å². The van der Waals surface area contributed by atoms with Gasteiger partial charge >= 0.3 is 0 Å². The first-order valence-corrected chi connectivity index (χ1v) is 8.41. The molecule has 1 aliphatic rings. The molecule has 0 spiro atoms. The molecule has 2 aromatic carbocycles.